The summed E-state index contributed by atoms with van der Waals surface area (Å²) < 4.78 is 10.5. The average molecular weight is 291 g/mol. The molecule has 1 atom stereocenters. The number of rotatable bonds is 8. The van der Waals surface area contributed by atoms with Gasteiger partial charge in [0.05, 0.1) is 12.6 Å². The molecule has 1 unspecified atom stereocenters. The van der Waals surface area contributed by atoms with Crippen molar-refractivity contribution >= 4 is 0 Å². The molecule has 6 nitrogen and oxygen atoms in total. The van der Waals surface area contributed by atoms with Crippen molar-refractivity contribution in [1.29, 1.82) is 0 Å². The molecule has 1 aromatic heterocycles. The Morgan fingerprint density at radius 3 is 2.71 bits per heavy atom. The van der Waals surface area contributed by atoms with Crippen LogP contribution in [0.25, 0.3) is 0 Å². The fraction of sp³-hybridized carbons (Fsp3) is 0.467. The molecule has 0 fully saturated rings. The first kappa shape index (κ1) is 15.3. The Kier molecular flexibility index (Phi) is 5.57. The number of aromatic nitrogens is 2. The summed E-state index contributed by atoms with van der Waals surface area (Å²) in [6.07, 6.45) is 3.98. The van der Waals surface area contributed by atoms with E-state index in [-0.39, 0.29) is 5.89 Å². The first-order chi connectivity index (χ1) is 10.2. The molecule has 2 aromatic rings. The van der Waals surface area contributed by atoms with Gasteiger partial charge in [-0.3, -0.25) is 0 Å². The number of benzene rings is 1. The number of hydrogen-bond donors (Lipinski definition) is 2. The maximum absolute atomic E-state index is 10.9. The Labute approximate surface area is 123 Å². The quantitative estimate of drug-likeness (QED) is 0.727. The van der Waals surface area contributed by atoms with E-state index in [9.17, 15) is 4.79 Å². The van der Waals surface area contributed by atoms with Crippen LogP contribution in [0.4, 0.5) is 0 Å². The molecular weight excluding hydrogens is 270 g/mol. The van der Waals surface area contributed by atoms with Crippen LogP contribution < -0.4 is 16.2 Å². The predicted octanol–water partition coefficient (Wildman–Crippen LogP) is 2.17. The van der Waals surface area contributed by atoms with Crippen molar-refractivity contribution in [2.45, 2.75) is 38.6 Å². The maximum atomic E-state index is 10.9. The Morgan fingerprint density at radius 2 is 2.10 bits per heavy atom. The zero-order valence-electron chi connectivity index (χ0n) is 12.2. The number of aromatic amines is 1. The molecule has 3 N–H and O–H groups in total. The van der Waals surface area contributed by atoms with E-state index in [0.717, 1.165) is 24.3 Å². The number of nitrogens with one attached hydrogen (secondary N) is 1. The highest BCUT2D eigenvalue weighted by molar-refractivity contribution is 5.28. The van der Waals surface area contributed by atoms with Crippen LogP contribution >= 0.6 is 0 Å². The molecule has 0 spiro atoms. The van der Waals surface area contributed by atoms with E-state index in [2.05, 4.69) is 17.1 Å². The molecule has 114 valence electrons. The molecular formula is C15H21N3O3. The third-order valence-electron chi connectivity index (χ3n) is 3.17. The summed E-state index contributed by atoms with van der Waals surface area (Å²) in [5.74, 6) is 0.492. The van der Waals surface area contributed by atoms with Crippen LogP contribution in [0.5, 0.6) is 5.75 Å². The second kappa shape index (κ2) is 7.64. The number of ether oxygens (including phenoxy) is 1. The van der Waals surface area contributed by atoms with Gasteiger partial charge >= 0.3 is 5.76 Å². The zero-order chi connectivity index (χ0) is 15.1. The third kappa shape index (κ3) is 4.75. The molecule has 6 heteroatoms. The van der Waals surface area contributed by atoms with Crippen molar-refractivity contribution in [2.75, 3.05) is 6.61 Å². The second-order valence-electron chi connectivity index (χ2n) is 4.96. The molecule has 0 amide bonds. The van der Waals surface area contributed by atoms with Crippen molar-refractivity contribution in [3.05, 3.63) is 46.3 Å². The molecule has 0 bridgehead atoms. The molecule has 1 heterocycles. The van der Waals surface area contributed by atoms with Gasteiger partial charge in [0.25, 0.3) is 0 Å². The van der Waals surface area contributed by atoms with Crippen LogP contribution in [0.15, 0.2) is 33.5 Å². The Hall–Kier alpha value is -2.08. The summed E-state index contributed by atoms with van der Waals surface area (Å²) >= 11 is 0. The summed E-state index contributed by atoms with van der Waals surface area (Å²) in [5.41, 5.74) is 6.98. The van der Waals surface area contributed by atoms with Gasteiger partial charge in [0.2, 0.25) is 5.89 Å². The molecule has 2 rings (SSSR count). The highest BCUT2D eigenvalue weighted by atomic mass is 16.5. The summed E-state index contributed by atoms with van der Waals surface area (Å²) in [7, 11) is 0. The summed E-state index contributed by atoms with van der Waals surface area (Å²) in [6, 6.07) is 7.32. The largest absolute Gasteiger partial charge is 0.494 e. The minimum atomic E-state index is -0.587. The lowest BCUT2D eigenvalue weighted by Gasteiger charge is -2.09. The first-order valence-electron chi connectivity index (χ1n) is 7.21. The van der Waals surface area contributed by atoms with E-state index < -0.39 is 11.8 Å². The van der Waals surface area contributed by atoms with Crippen LogP contribution in [0, 0.1) is 0 Å². The number of nitrogens with two attached hydrogens (primary N) is 1. The summed E-state index contributed by atoms with van der Waals surface area (Å²) in [5, 5.41) is 5.94. The zero-order valence-corrected chi connectivity index (χ0v) is 12.2. The molecule has 0 saturated heterocycles. The SMILES string of the molecule is CCCCCOc1ccc(CC(N)c2n[nH]c(=O)o2)cc1. The monoisotopic (exact) mass is 291 g/mol. The molecule has 21 heavy (non-hydrogen) atoms. The van der Waals surface area contributed by atoms with Crippen molar-refractivity contribution < 1.29 is 9.15 Å². The van der Waals surface area contributed by atoms with Crippen LogP contribution in [0.1, 0.15) is 43.7 Å². The molecule has 1 aromatic carbocycles. The van der Waals surface area contributed by atoms with E-state index in [1.54, 1.807) is 0 Å². The summed E-state index contributed by atoms with van der Waals surface area (Å²) in [6.45, 7) is 2.91. The summed E-state index contributed by atoms with van der Waals surface area (Å²) in [4.78, 5) is 10.9. The van der Waals surface area contributed by atoms with Gasteiger partial charge in [-0.2, -0.15) is 0 Å². The molecule has 0 radical (unpaired) electrons. The Bertz CT molecular complexity index is 589. The first-order valence-corrected chi connectivity index (χ1v) is 7.21. The minimum Gasteiger partial charge on any atom is -0.494 e. The smallest absolute Gasteiger partial charge is 0.434 e. The van der Waals surface area contributed by atoms with Crippen molar-refractivity contribution in [3.63, 3.8) is 0 Å². The lowest BCUT2D eigenvalue weighted by atomic mass is 10.1. The minimum absolute atomic E-state index is 0.222. The van der Waals surface area contributed by atoms with Gasteiger partial charge < -0.3 is 14.9 Å². The lowest BCUT2D eigenvalue weighted by molar-refractivity contribution is 0.306. The fourth-order valence-corrected chi connectivity index (χ4v) is 2.01. The van der Waals surface area contributed by atoms with Gasteiger partial charge in [-0.05, 0) is 30.5 Å². The highest BCUT2D eigenvalue weighted by Crippen LogP contribution is 2.17. The Balaban J connectivity index is 1.85. The topological polar surface area (TPSA) is 94.1 Å². The van der Waals surface area contributed by atoms with Crippen molar-refractivity contribution in [3.8, 4) is 5.75 Å². The van der Waals surface area contributed by atoms with Gasteiger partial charge in [0.1, 0.15) is 5.75 Å². The molecule has 0 saturated carbocycles. The fourth-order valence-electron chi connectivity index (χ4n) is 2.01. The van der Waals surface area contributed by atoms with E-state index in [1.165, 1.54) is 12.8 Å². The van der Waals surface area contributed by atoms with E-state index >= 15 is 0 Å². The van der Waals surface area contributed by atoms with E-state index in [1.807, 2.05) is 24.3 Å². The standard InChI is InChI=1S/C15H21N3O3/c1-2-3-4-9-20-12-7-5-11(6-8-12)10-13(16)14-17-18-15(19)21-14/h5-8,13H,2-4,9-10,16H2,1H3,(H,18,19). The van der Waals surface area contributed by atoms with Gasteiger partial charge in [0.15, 0.2) is 0 Å². The van der Waals surface area contributed by atoms with Crippen LogP contribution in [0.3, 0.4) is 0 Å². The number of nitrogens with zero attached hydrogens (tertiary/aromatic N) is 1. The van der Waals surface area contributed by atoms with Gasteiger partial charge in [0, 0.05) is 0 Å². The van der Waals surface area contributed by atoms with Crippen LogP contribution in [-0.2, 0) is 6.42 Å². The molecule has 0 aliphatic carbocycles. The van der Waals surface area contributed by atoms with E-state index in [4.69, 9.17) is 14.9 Å². The van der Waals surface area contributed by atoms with Crippen molar-refractivity contribution in [2.24, 2.45) is 5.73 Å². The second-order valence-corrected chi connectivity index (χ2v) is 4.96. The average Bonchev–Trinajstić information content (AvgIpc) is 2.92. The highest BCUT2D eigenvalue weighted by Gasteiger charge is 2.13. The maximum Gasteiger partial charge on any atom is 0.434 e. The lowest BCUT2D eigenvalue weighted by Crippen LogP contribution is -2.14. The molecule has 0 aliphatic rings. The predicted molar refractivity (Wildman–Crippen MR) is 79.2 cm³/mol. The van der Waals surface area contributed by atoms with Crippen LogP contribution in [0.2, 0.25) is 0 Å². The normalized spacial score (nSPS) is 12.3. The number of H-pyrrole nitrogens is 1. The van der Waals surface area contributed by atoms with Gasteiger partial charge in [-0.15, -0.1) is 5.10 Å². The number of hydrogen-bond acceptors (Lipinski definition) is 5. The van der Waals surface area contributed by atoms with Gasteiger partial charge in [-0.25, -0.2) is 9.89 Å². The van der Waals surface area contributed by atoms with Gasteiger partial charge in [-0.1, -0.05) is 31.9 Å². The number of unbranched alkanes of at least 4 members (excludes halogenated alkanes) is 2. The third-order valence-corrected chi connectivity index (χ3v) is 3.17. The van der Waals surface area contributed by atoms with Crippen LogP contribution in [-0.4, -0.2) is 16.8 Å². The Morgan fingerprint density at radius 1 is 1.33 bits per heavy atom. The van der Waals surface area contributed by atoms with Crippen molar-refractivity contribution in [1.82, 2.24) is 10.2 Å². The van der Waals surface area contributed by atoms with E-state index in [0.29, 0.717) is 6.42 Å². The molecule has 0 aliphatic heterocycles.